The average Bonchev–Trinajstić information content (AvgIpc) is 3.87. The number of esters is 2. The van der Waals surface area contributed by atoms with E-state index in [9.17, 15) is 14.9 Å². The van der Waals surface area contributed by atoms with Crippen molar-refractivity contribution in [1.82, 2.24) is 0 Å². The van der Waals surface area contributed by atoms with Crippen molar-refractivity contribution in [2.45, 2.75) is 178 Å². The molecule has 4 unspecified atom stereocenters. The van der Waals surface area contributed by atoms with Gasteiger partial charge in [0.15, 0.2) is 5.57 Å². The van der Waals surface area contributed by atoms with Crippen LogP contribution in [-0.4, -0.2) is 38.4 Å². The molecule has 2 aliphatic rings. The Labute approximate surface area is 367 Å². The summed E-state index contributed by atoms with van der Waals surface area (Å²) >= 11 is 5.43. The molecule has 3 rings (SSSR count). The lowest BCUT2D eigenvalue weighted by Crippen LogP contribution is -2.15. The van der Waals surface area contributed by atoms with E-state index < -0.39 is 11.9 Å². The lowest BCUT2D eigenvalue weighted by atomic mass is 10.0. The van der Waals surface area contributed by atoms with Gasteiger partial charge in [0.2, 0.25) is 0 Å². The van der Waals surface area contributed by atoms with Gasteiger partial charge in [0, 0.05) is 0 Å². The topological polar surface area (TPSA) is 99.2 Å². The second kappa shape index (κ2) is 27.5. The third-order valence-electron chi connectivity index (χ3n) is 11.0. The highest BCUT2D eigenvalue weighted by molar-refractivity contribution is 8.26. The standard InChI is InChI=1S/C46H68N2O6S4/c1-10-18-22-31(14-5)27-51-37-39-40(56-45(55-39)35(26-47)43(49)53-29-33(16-7)24-20-12-3)38(52-28-32(15-6)23-19-11-2)42-41(37)57-46(58-42)36(48-9)44(50)54-30-34(17-8)25-21-13-4/h31-34H,10-25,27-30H2,1-8H3. The molecule has 0 bridgehead atoms. The molecule has 0 saturated heterocycles. The van der Waals surface area contributed by atoms with E-state index in [2.05, 4.69) is 66.3 Å². The zero-order valence-electron chi connectivity index (χ0n) is 36.4. The van der Waals surface area contributed by atoms with Crippen molar-refractivity contribution in [3.63, 3.8) is 0 Å². The van der Waals surface area contributed by atoms with E-state index in [0.717, 1.165) is 122 Å². The molecule has 0 N–H and O–H groups in total. The third-order valence-corrected chi connectivity index (χ3v) is 16.2. The molecule has 0 saturated carbocycles. The van der Waals surface area contributed by atoms with E-state index >= 15 is 0 Å². The van der Waals surface area contributed by atoms with Crippen LogP contribution in [-0.2, 0) is 19.1 Å². The SMILES string of the molecule is [C-]#[N+]C(C(=O)OCC(CC)CCCC)=C1Sc2c(OCC(CC)CCCC)c3c(c(OCC(CC)CCCC)c2S1)SC(=C(C#N)C(=O)OCC(CC)CCCC)S3. The van der Waals surface area contributed by atoms with Gasteiger partial charge < -0.3 is 18.9 Å². The summed E-state index contributed by atoms with van der Waals surface area (Å²) in [6.07, 6.45) is 16.5. The number of hydrogen-bond acceptors (Lipinski definition) is 11. The zero-order chi connectivity index (χ0) is 42.5. The molecule has 0 aliphatic carbocycles. The van der Waals surface area contributed by atoms with Crippen molar-refractivity contribution in [1.29, 1.82) is 5.26 Å². The van der Waals surface area contributed by atoms with E-state index in [-0.39, 0.29) is 36.3 Å². The fourth-order valence-corrected chi connectivity index (χ4v) is 12.1. The van der Waals surface area contributed by atoms with Crippen LogP contribution in [0.1, 0.15) is 158 Å². The fourth-order valence-electron chi connectivity index (χ4n) is 6.73. The number of thioether (sulfide) groups is 4. The van der Waals surface area contributed by atoms with Crippen LogP contribution in [0.5, 0.6) is 11.5 Å². The Kier molecular flexibility index (Phi) is 23.7. The molecule has 0 amide bonds. The Morgan fingerprint density at radius 1 is 0.569 bits per heavy atom. The lowest BCUT2D eigenvalue weighted by Gasteiger charge is -2.22. The fraction of sp³-hybridized carbons (Fsp3) is 0.696. The van der Waals surface area contributed by atoms with E-state index in [4.69, 9.17) is 25.5 Å². The third kappa shape index (κ3) is 14.4. The van der Waals surface area contributed by atoms with Crippen LogP contribution in [0.25, 0.3) is 4.85 Å². The molecule has 8 nitrogen and oxygen atoms in total. The normalized spacial score (nSPS) is 15.1. The molecule has 2 aliphatic heterocycles. The number of fused-ring (bicyclic) bond motifs is 2. The van der Waals surface area contributed by atoms with Crippen molar-refractivity contribution < 1.29 is 28.5 Å². The maximum absolute atomic E-state index is 13.6. The maximum Gasteiger partial charge on any atom is 0.350 e. The number of unbranched alkanes of at least 4 members (excludes halogenated alkanes) is 4. The van der Waals surface area contributed by atoms with Gasteiger partial charge in [0.1, 0.15) is 17.6 Å². The van der Waals surface area contributed by atoms with Crippen LogP contribution in [0.4, 0.5) is 0 Å². The Balaban J connectivity index is 2.16. The number of carbonyl (C=O) groups excluding carboxylic acids is 2. The predicted molar refractivity (Wildman–Crippen MR) is 242 cm³/mol. The molecule has 322 valence electrons. The number of hydrogen-bond donors (Lipinski definition) is 0. The smallest absolute Gasteiger partial charge is 0.350 e. The Morgan fingerprint density at radius 2 is 0.914 bits per heavy atom. The van der Waals surface area contributed by atoms with Crippen LogP contribution in [0.2, 0.25) is 0 Å². The zero-order valence-corrected chi connectivity index (χ0v) is 39.7. The van der Waals surface area contributed by atoms with Crippen molar-refractivity contribution in [2.75, 3.05) is 26.4 Å². The second-order valence-electron chi connectivity index (χ2n) is 15.4. The first kappa shape index (κ1) is 50.0. The highest BCUT2D eigenvalue weighted by Gasteiger charge is 2.40. The molecule has 0 fully saturated rings. The molecular weight excluding hydrogens is 805 g/mol. The average molecular weight is 873 g/mol. The van der Waals surface area contributed by atoms with Crippen LogP contribution in [0, 0.1) is 41.6 Å². The molecule has 2 heterocycles. The van der Waals surface area contributed by atoms with E-state index in [1.807, 2.05) is 0 Å². The number of nitriles is 1. The predicted octanol–water partition coefficient (Wildman–Crippen LogP) is 14.6. The van der Waals surface area contributed by atoms with Gasteiger partial charge in [-0.3, -0.25) is 4.79 Å². The Hall–Kier alpha value is -2.38. The molecular formula is C46H68N2O6S4. The highest BCUT2D eigenvalue weighted by atomic mass is 32.2. The summed E-state index contributed by atoms with van der Waals surface area (Å²) in [7, 11) is 0. The molecule has 1 aromatic carbocycles. The van der Waals surface area contributed by atoms with Gasteiger partial charge in [-0.2, -0.15) is 5.26 Å². The summed E-state index contributed by atoms with van der Waals surface area (Å²) in [6, 6.07) is 2.18. The molecule has 1 aromatic rings. The number of benzene rings is 1. The van der Waals surface area contributed by atoms with Gasteiger partial charge >= 0.3 is 11.9 Å². The van der Waals surface area contributed by atoms with Gasteiger partial charge in [-0.15, -0.1) is 0 Å². The minimum Gasteiger partial charge on any atom is -0.491 e. The van der Waals surface area contributed by atoms with Gasteiger partial charge in [0.25, 0.3) is 5.70 Å². The van der Waals surface area contributed by atoms with E-state index in [1.54, 1.807) is 0 Å². The lowest BCUT2D eigenvalue weighted by molar-refractivity contribution is -0.141. The summed E-state index contributed by atoms with van der Waals surface area (Å²) in [5.41, 5.74) is -0.0438. The molecule has 0 aromatic heterocycles. The van der Waals surface area contributed by atoms with Crippen molar-refractivity contribution in [3.8, 4) is 17.6 Å². The minimum atomic E-state index is -0.608. The largest absolute Gasteiger partial charge is 0.491 e. The second-order valence-corrected chi connectivity index (χ2v) is 20.0. The monoisotopic (exact) mass is 872 g/mol. The van der Waals surface area contributed by atoms with Crippen LogP contribution >= 0.6 is 47.0 Å². The Morgan fingerprint density at radius 3 is 1.24 bits per heavy atom. The molecule has 12 heteroatoms. The number of nitrogens with zero attached hydrogens (tertiary/aromatic N) is 2. The first-order chi connectivity index (χ1) is 28.2. The molecule has 4 atom stereocenters. The molecule has 0 radical (unpaired) electrons. The maximum atomic E-state index is 13.6. The van der Waals surface area contributed by atoms with Crippen LogP contribution in [0.15, 0.2) is 39.3 Å². The molecule has 58 heavy (non-hydrogen) atoms. The van der Waals surface area contributed by atoms with Crippen LogP contribution in [0.3, 0.4) is 0 Å². The van der Waals surface area contributed by atoms with E-state index in [1.165, 1.54) is 47.0 Å². The van der Waals surface area contributed by atoms with Crippen molar-refractivity contribution in [3.05, 3.63) is 31.2 Å². The van der Waals surface area contributed by atoms with Gasteiger partial charge in [-0.1, -0.05) is 179 Å². The summed E-state index contributed by atoms with van der Waals surface area (Å²) in [5, 5.41) is 10.4. The van der Waals surface area contributed by atoms with Crippen molar-refractivity contribution in [2.24, 2.45) is 23.7 Å². The number of ether oxygens (including phenoxy) is 4. The van der Waals surface area contributed by atoms with Crippen LogP contribution < -0.4 is 9.47 Å². The summed E-state index contributed by atoms with van der Waals surface area (Å²) in [6.45, 7) is 27.0. The Bertz CT molecular complexity index is 1490. The first-order valence-electron chi connectivity index (χ1n) is 22.0. The summed E-state index contributed by atoms with van der Waals surface area (Å²) < 4.78 is 26.4. The van der Waals surface area contributed by atoms with Gasteiger partial charge in [0.05, 0.1) is 61.1 Å². The minimum absolute atomic E-state index is 0.0133. The first-order valence-corrected chi connectivity index (χ1v) is 25.3. The van der Waals surface area contributed by atoms with E-state index in [0.29, 0.717) is 45.0 Å². The quantitative estimate of drug-likeness (QED) is 0.0348. The van der Waals surface area contributed by atoms with Gasteiger partial charge in [-0.05, 0) is 49.4 Å². The van der Waals surface area contributed by atoms with Gasteiger partial charge in [-0.25, -0.2) is 9.64 Å². The number of rotatable bonds is 28. The van der Waals surface area contributed by atoms with Crippen molar-refractivity contribution >= 4 is 59.0 Å². The summed E-state index contributed by atoms with van der Waals surface area (Å²) in [4.78, 5) is 34.1. The highest BCUT2D eigenvalue weighted by Crippen LogP contribution is 2.68. The number of carbonyl (C=O) groups is 2. The molecule has 0 spiro atoms. The summed E-state index contributed by atoms with van der Waals surface area (Å²) in [5.74, 6) is 1.26.